The molecule has 0 bridgehead atoms. The Bertz CT molecular complexity index is 946. The highest BCUT2D eigenvalue weighted by Crippen LogP contribution is 2.29. The zero-order chi connectivity index (χ0) is 18.8. The normalized spacial score (nSPS) is 17.3. The molecular weight excluding hydrogens is 338 g/mol. The second-order valence-electron chi connectivity index (χ2n) is 7.24. The van der Waals surface area contributed by atoms with Crippen LogP contribution in [-0.4, -0.2) is 39.3 Å². The molecule has 1 aliphatic rings. The number of hydrogen-bond donors (Lipinski definition) is 2. The molecule has 4 rings (SSSR count). The lowest BCUT2D eigenvalue weighted by Crippen LogP contribution is -2.19. The van der Waals surface area contributed by atoms with Crippen molar-refractivity contribution in [1.82, 2.24) is 15.1 Å². The van der Waals surface area contributed by atoms with Gasteiger partial charge in [-0.3, -0.25) is 10.00 Å². The number of aromatic carboxylic acids is 1. The molecule has 3 aromatic rings. The van der Waals surface area contributed by atoms with E-state index in [1.807, 2.05) is 30.5 Å². The second-order valence-corrected chi connectivity index (χ2v) is 7.24. The quantitative estimate of drug-likeness (QED) is 0.719. The van der Waals surface area contributed by atoms with Gasteiger partial charge in [-0.05, 0) is 48.2 Å². The molecule has 0 aliphatic carbocycles. The molecule has 0 spiro atoms. The topological polar surface area (TPSA) is 69.2 Å². The zero-order valence-electron chi connectivity index (χ0n) is 15.4. The molecule has 1 aromatic heterocycles. The van der Waals surface area contributed by atoms with Crippen LogP contribution in [0.5, 0.6) is 0 Å². The number of carboxylic acids is 1. The number of rotatable bonds is 5. The standard InChI is InChI=1S/C22H23N3O2/c1-15-12-23-24-21(15)18-10-11-25(14-18)13-16-6-8-17(9-7-16)19-4-2-3-5-20(19)22(26)27/h2-9,12,18H,10-11,13-14H2,1H3,(H,23,24)(H,26,27). The number of hydrogen-bond acceptors (Lipinski definition) is 3. The van der Waals surface area contributed by atoms with Gasteiger partial charge >= 0.3 is 5.97 Å². The van der Waals surface area contributed by atoms with Crippen molar-refractivity contribution in [3.63, 3.8) is 0 Å². The van der Waals surface area contributed by atoms with Crippen molar-refractivity contribution in [3.05, 3.63) is 77.1 Å². The molecule has 1 aliphatic heterocycles. The first kappa shape index (κ1) is 17.5. The Hall–Kier alpha value is -2.92. The van der Waals surface area contributed by atoms with Gasteiger partial charge in [0.05, 0.1) is 11.8 Å². The van der Waals surface area contributed by atoms with Gasteiger partial charge in [0.25, 0.3) is 0 Å². The number of aromatic amines is 1. The smallest absolute Gasteiger partial charge is 0.336 e. The summed E-state index contributed by atoms with van der Waals surface area (Å²) in [5, 5.41) is 16.7. The maximum Gasteiger partial charge on any atom is 0.336 e. The second kappa shape index (κ2) is 7.37. The fourth-order valence-corrected chi connectivity index (χ4v) is 3.95. The molecule has 5 nitrogen and oxygen atoms in total. The van der Waals surface area contributed by atoms with E-state index >= 15 is 0 Å². The van der Waals surface area contributed by atoms with Crippen LogP contribution in [0.3, 0.4) is 0 Å². The summed E-state index contributed by atoms with van der Waals surface area (Å²) in [6.45, 7) is 5.12. The molecule has 138 valence electrons. The van der Waals surface area contributed by atoms with E-state index in [0.29, 0.717) is 11.5 Å². The van der Waals surface area contributed by atoms with Crippen LogP contribution in [0.15, 0.2) is 54.7 Å². The molecule has 2 aromatic carbocycles. The minimum Gasteiger partial charge on any atom is -0.478 e. The van der Waals surface area contributed by atoms with E-state index in [0.717, 1.165) is 37.2 Å². The van der Waals surface area contributed by atoms with Crippen molar-refractivity contribution >= 4 is 5.97 Å². The Kier molecular flexibility index (Phi) is 4.77. The Morgan fingerprint density at radius 2 is 2.00 bits per heavy atom. The molecule has 2 N–H and O–H groups in total. The lowest BCUT2D eigenvalue weighted by atomic mass is 9.98. The summed E-state index contributed by atoms with van der Waals surface area (Å²) in [6, 6.07) is 15.4. The van der Waals surface area contributed by atoms with Crippen LogP contribution in [0, 0.1) is 6.92 Å². The lowest BCUT2D eigenvalue weighted by Gasteiger charge is -2.16. The molecule has 0 saturated carbocycles. The number of likely N-dealkylation sites (tertiary alicyclic amines) is 1. The number of aryl methyl sites for hydroxylation is 1. The molecule has 1 unspecified atom stereocenters. The van der Waals surface area contributed by atoms with Crippen molar-refractivity contribution in [1.29, 1.82) is 0 Å². The minimum atomic E-state index is -0.896. The van der Waals surface area contributed by atoms with Crippen LogP contribution in [0.1, 0.15) is 39.5 Å². The number of carboxylic acid groups (broad SMARTS) is 1. The van der Waals surface area contributed by atoms with Gasteiger partial charge < -0.3 is 5.11 Å². The third-order valence-electron chi connectivity index (χ3n) is 5.38. The van der Waals surface area contributed by atoms with E-state index in [1.54, 1.807) is 12.1 Å². The predicted molar refractivity (Wildman–Crippen MR) is 105 cm³/mol. The highest BCUT2D eigenvalue weighted by atomic mass is 16.4. The summed E-state index contributed by atoms with van der Waals surface area (Å²) in [6.07, 6.45) is 3.04. The number of carbonyl (C=O) groups is 1. The number of nitrogens with zero attached hydrogens (tertiary/aromatic N) is 2. The zero-order valence-corrected chi connectivity index (χ0v) is 15.4. The number of aromatic nitrogens is 2. The van der Waals surface area contributed by atoms with Gasteiger partial charge in [0, 0.05) is 24.7 Å². The van der Waals surface area contributed by atoms with Crippen LogP contribution in [0.4, 0.5) is 0 Å². The summed E-state index contributed by atoms with van der Waals surface area (Å²) >= 11 is 0. The van der Waals surface area contributed by atoms with E-state index in [4.69, 9.17) is 0 Å². The Labute approximate surface area is 158 Å². The molecule has 5 heteroatoms. The summed E-state index contributed by atoms with van der Waals surface area (Å²) in [5.74, 6) is -0.374. The summed E-state index contributed by atoms with van der Waals surface area (Å²) in [5.41, 5.74) is 5.77. The fourth-order valence-electron chi connectivity index (χ4n) is 3.95. The van der Waals surface area contributed by atoms with E-state index in [-0.39, 0.29) is 0 Å². The maximum absolute atomic E-state index is 11.4. The molecule has 0 amide bonds. The summed E-state index contributed by atoms with van der Waals surface area (Å²) in [4.78, 5) is 13.9. The van der Waals surface area contributed by atoms with Crippen molar-refractivity contribution in [2.75, 3.05) is 13.1 Å². The van der Waals surface area contributed by atoms with Gasteiger partial charge in [-0.25, -0.2) is 4.79 Å². The van der Waals surface area contributed by atoms with E-state index in [9.17, 15) is 9.90 Å². The van der Waals surface area contributed by atoms with Gasteiger partial charge in [0.1, 0.15) is 0 Å². The van der Waals surface area contributed by atoms with Crippen LogP contribution in [-0.2, 0) is 6.54 Å². The van der Waals surface area contributed by atoms with Crippen molar-refractivity contribution in [3.8, 4) is 11.1 Å². The Morgan fingerprint density at radius 1 is 1.22 bits per heavy atom. The van der Waals surface area contributed by atoms with Gasteiger partial charge in [0.2, 0.25) is 0 Å². The van der Waals surface area contributed by atoms with Crippen molar-refractivity contribution < 1.29 is 9.90 Å². The summed E-state index contributed by atoms with van der Waals surface area (Å²) < 4.78 is 0. The van der Waals surface area contributed by atoms with Gasteiger partial charge in [-0.2, -0.15) is 5.10 Å². The Balaban J connectivity index is 1.45. The third kappa shape index (κ3) is 3.64. The number of H-pyrrole nitrogens is 1. The first-order valence-corrected chi connectivity index (χ1v) is 9.25. The predicted octanol–water partition coefficient (Wildman–Crippen LogP) is 4.07. The highest BCUT2D eigenvalue weighted by molar-refractivity contribution is 5.95. The molecule has 1 atom stereocenters. The molecule has 1 saturated heterocycles. The van der Waals surface area contributed by atoms with Crippen molar-refractivity contribution in [2.24, 2.45) is 0 Å². The number of benzene rings is 2. The summed E-state index contributed by atoms with van der Waals surface area (Å²) in [7, 11) is 0. The van der Waals surface area contributed by atoms with Gasteiger partial charge in [0.15, 0.2) is 0 Å². The molecular formula is C22H23N3O2. The fraction of sp³-hybridized carbons (Fsp3) is 0.273. The Morgan fingerprint density at radius 3 is 2.70 bits per heavy atom. The van der Waals surface area contributed by atoms with E-state index in [1.165, 1.54) is 16.8 Å². The van der Waals surface area contributed by atoms with Crippen molar-refractivity contribution in [2.45, 2.75) is 25.8 Å². The van der Waals surface area contributed by atoms with Crippen LogP contribution in [0.25, 0.3) is 11.1 Å². The molecule has 27 heavy (non-hydrogen) atoms. The minimum absolute atomic E-state index is 0.336. The molecule has 2 heterocycles. The molecule has 0 radical (unpaired) electrons. The van der Waals surface area contributed by atoms with Crippen LogP contribution < -0.4 is 0 Å². The van der Waals surface area contributed by atoms with Gasteiger partial charge in [-0.15, -0.1) is 0 Å². The van der Waals surface area contributed by atoms with E-state index in [2.05, 4.69) is 34.2 Å². The largest absolute Gasteiger partial charge is 0.478 e. The molecule has 1 fully saturated rings. The first-order chi connectivity index (χ1) is 13.1. The SMILES string of the molecule is Cc1cn[nH]c1C1CCN(Cc2ccc(-c3ccccc3C(=O)O)cc2)C1. The van der Waals surface area contributed by atoms with Crippen LogP contribution >= 0.6 is 0 Å². The number of nitrogens with one attached hydrogen (secondary N) is 1. The average molecular weight is 361 g/mol. The highest BCUT2D eigenvalue weighted by Gasteiger charge is 2.26. The first-order valence-electron chi connectivity index (χ1n) is 9.25. The lowest BCUT2D eigenvalue weighted by molar-refractivity contribution is 0.0697. The monoisotopic (exact) mass is 361 g/mol. The van der Waals surface area contributed by atoms with E-state index < -0.39 is 5.97 Å². The maximum atomic E-state index is 11.4. The third-order valence-corrected chi connectivity index (χ3v) is 5.38. The average Bonchev–Trinajstić information content (AvgIpc) is 3.31. The van der Waals surface area contributed by atoms with Crippen LogP contribution in [0.2, 0.25) is 0 Å². The van der Waals surface area contributed by atoms with Gasteiger partial charge in [-0.1, -0.05) is 42.5 Å².